The van der Waals surface area contributed by atoms with Gasteiger partial charge in [0.15, 0.2) is 0 Å². The summed E-state index contributed by atoms with van der Waals surface area (Å²) < 4.78 is 5.66. The fourth-order valence-corrected chi connectivity index (χ4v) is 3.80. The molecule has 0 radical (unpaired) electrons. The van der Waals surface area contributed by atoms with E-state index in [2.05, 4.69) is 24.3 Å². The molecule has 1 aliphatic carbocycles. The summed E-state index contributed by atoms with van der Waals surface area (Å²) >= 11 is 0. The predicted octanol–water partition coefficient (Wildman–Crippen LogP) is 3.56. The Labute approximate surface area is 147 Å². The molecule has 2 aromatic carbocycles. The first-order chi connectivity index (χ1) is 12.1. The highest BCUT2D eigenvalue weighted by molar-refractivity contribution is 5.79. The monoisotopic (exact) mass is 335 g/mol. The quantitative estimate of drug-likeness (QED) is 0.873. The van der Waals surface area contributed by atoms with Gasteiger partial charge in [0.25, 0.3) is 0 Å². The smallest absolute Gasteiger partial charge is 0.410 e. The third-order valence-corrected chi connectivity index (χ3v) is 5.26. The van der Waals surface area contributed by atoms with Crippen molar-refractivity contribution in [2.75, 3.05) is 19.8 Å². The van der Waals surface area contributed by atoms with Crippen LogP contribution in [0.3, 0.4) is 0 Å². The maximum Gasteiger partial charge on any atom is 0.410 e. The second kappa shape index (κ2) is 6.05. The van der Waals surface area contributed by atoms with Crippen molar-refractivity contribution in [2.24, 2.45) is 0 Å². The molecule has 0 spiro atoms. The number of aliphatic hydroxyl groups excluding tert-OH is 1. The van der Waals surface area contributed by atoms with Crippen LogP contribution in [0.15, 0.2) is 60.7 Å². The zero-order valence-corrected chi connectivity index (χ0v) is 14.2. The van der Waals surface area contributed by atoms with Gasteiger partial charge in [0.1, 0.15) is 6.61 Å². The Hall–Kier alpha value is -2.59. The minimum atomic E-state index is -0.678. The van der Waals surface area contributed by atoms with Crippen molar-refractivity contribution < 1.29 is 14.6 Å². The van der Waals surface area contributed by atoms with Gasteiger partial charge in [0.05, 0.1) is 12.1 Å². The zero-order valence-electron chi connectivity index (χ0n) is 14.2. The minimum Gasteiger partial charge on any atom is -0.448 e. The normalized spacial score (nSPS) is 21.3. The Morgan fingerprint density at radius 2 is 1.76 bits per heavy atom. The fourth-order valence-electron chi connectivity index (χ4n) is 3.80. The predicted molar refractivity (Wildman–Crippen MR) is 96.4 cm³/mol. The van der Waals surface area contributed by atoms with Crippen molar-refractivity contribution in [3.8, 4) is 11.1 Å². The summed E-state index contributed by atoms with van der Waals surface area (Å²) in [6.45, 7) is 2.48. The van der Waals surface area contributed by atoms with E-state index >= 15 is 0 Å². The number of hydrogen-bond donors (Lipinski definition) is 1. The Balaban J connectivity index is 1.55. The standard InChI is InChI=1S/C21H21NO3/c1-21(14-23)11-6-12-22(21)20(24)25-13-19-17-9-4-2-7-15(17)16-8-3-5-10-18(16)19/h2-11,19,23H,12-14H2,1H3. The van der Waals surface area contributed by atoms with E-state index in [-0.39, 0.29) is 18.6 Å². The molecule has 0 saturated heterocycles. The second-order valence-electron chi connectivity index (χ2n) is 6.83. The van der Waals surface area contributed by atoms with Gasteiger partial charge in [-0.25, -0.2) is 4.79 Å². The van der Waals surface area contributed by atoms with Crippen LogP contribution in [0.2, 0.25) is 0 Å². The Morgan fingerprint density at radius 1 is 1.16 bits per heavy atom. The van der Waals surface area contributed by atoms with Gasteiger partial charge in [-0.3, -0.25) is 4.90 Å². The van der Waals surface area contributed by atoms with E-state index in [0.29, 0.717) is 13.2 Å². The lowest BCUT2D eigenvalue weighted by Gasteiger charge is -2.32. The van der Waals surface area contributed by atoms with Crippen LogP contribution >= 0.6 is 0 Å². The Kier molecular flexibility index (Phi) is 3.85. The van der Waals surface area contributed by atoms with Crippen LogP contribution in [0.4, 0.5) is 4.79 Å². The molecule has 1 amide bonds. The number of nitrogens with zero attached hydrogens (tertiary/aromatic N) is 1. The molecule has 0 aromatic heterocycles. The Morgan fingerprint density at radius 3 is 2.36 bits per heavy atom. The Bertz CT molecular complexity index is 799. The molecule has 2 aliphatic rings. The number of aliphatic hydroxyl groups is 1. The molecular formula is C21H21NO3. The molecule has 1 N–H and O–H groups in total. The molecule has 1 aliphatic heterocycles. The summed E-state index contributed by atoms with van der Waals surface area (Å²) in [5, 5.41) is 9.58. The average molecular weight is 335 g/mol. The summed E-state index contributed by atoms with van der Waals surface area (Å²) in [5.74, 6) is 0.0484. The van der Waals surface area contributed by atoms with Gasteiger partial charge < -0.3 is 9.84 Å². The molecule has 4 nitrogen and oxygen atoms in total. The van der Waals surface area contributed by atoms with Gasteiger partial charge in [0, 0.05) is 12.5 Å². The van der Waals surface area contributed by atoms with Gasteiger partial charge in [0.2, 0.25) is 0 Å². The lowest BCUT2D eigenvalue weighted by molar-refractivity contribution is 0.0588. The molecule has 0 saturated carbocycles. The second-order valence-corrected chi connectivity index (χ2v) is 6.83. The van der Waals surface area contributed by atoms with Crippen LogP contribution in [0.1, 0.15) is 24.0 Å². The highest BCUT2D eigenvalue weighted by atomic mass is 16.6. The van der Waals surface area contributed by atoms with Gasteiger partial charge in [-0.05, 0) is 29.2 Å². The molecule has 4 heteroatoms. The van der Waals surface area contributed by atoms with Crippen LogP contribution in [-0.2, 0) is 4.74 Å². The van der Waals surface area contributed by atoms with Crippen molar-refractivity contribution in [2.45, 2.75) is 18.4 Å². The highest BCUT2D eigenvalue weighted by Gasteiger charge is 2.37. The van der Waals surface area contributed by atoms with Crippen LogP contribution < -0.4 is 0 Å². The summed E-state index contributed by atoms with van der Waals surface area (Å²) in [5.41, 5.74) is 4.13. The van der Waals surface area contributed by atoms with E-state index in [1.165, 1.54) is 22.3 Å². The molecule has 25 heavy (non-hydrogen) atoms. The molecule has 0 fully saturated rings. The molecule has 128 valence electrons. The third kappa shape index (κ3) is 2.53. The molecule has 1 atom stereocenters. The topological polar surface area (TPSA) is 49.8 Å². The van der Waals surface area contributed by atoms with E-state index in [1.807, 2.05) is 43.3 Å². The highest BCUT2D eigenvalue weighted by Crippen LogP contribution is 2.44. The van der Waals surface area contributed by atoms with Crippen molar-refractivity contribution in [1.82, 2.24) is 4.90 Å². The maximum absolute atomic E-state index is 12.6. The number of benzene rings is 2. The van der Waals surface area contributed by atoms with E-state index < -0.39 is 5.54 Å². The molecule has 1 heterocycles. The van der Waals surface area contributed by atoms with E-state index in [9.17, 15) is 9.90 Å². The number of rotatable bonds is 3. The molecule has 2 aromatic rings. The summed E-state index contributed by atoms with van der Waals surface area (Å²) in [6, 6.07) is 16.5. The minimum absolute atomic E-state index is 0.0484. The first kappa shape index (κ1) is 15.9. The van der Waals surface area contributed by atoms with Crippen molar-refractivity contribution in [3.63, 3.8) is 0 Å². The third-order valence-electron chi connectivity index (χ3n) is 5.26. The van der Waals surface area contributed by atoms with Crippen LogP contribution in [0, 0.1) is 0 Å². The van der Waals surface area contributed by atoms with Crippen molar-refractivity contribution in [3.05, 3.63) is 71.8 Å². The SMILES string of the molecule is CC1(CO)C=CCN1C(=O)OCC1c2ccccc2-c2ccccc21. The van der Waals surface area contributed by atoms with Crippen LogP contribution in [-0.4, -0.2) is 41.4 Å². The number of carbonyl (C=O) groups is 1. The van der Waals surface area contributed by atoms with Gasteiger partial charge in [-0.2, -0.15) is 0 Å². The first-order valence-electron chi connectivity index (χ1n) is 8.55. The van der Waals surface area contributed by atoms with Crippen molar-refractivity contribution >= 4 is 6.09 Å². The number of amides is 1. The van der Waals surface area contributed by atoms with Crippen LogP contribution in [0.25, 0.3) is 11.1 Å². The zero-order chi connectivity index (χ0) is 17.4. The van der Waals surface area contributed by atoms with E-state index in [1.54, 1.807) is 4.90 Å². The largest absolute Gasteiger partial charge is 0.448 e. The van der Waals surface area contributed by atoms with Crippen molar-refractivity contribution in [1.29, 1.82) is 0 Å². The molecule has 4 rings (SSSR count). The number of fused-ring (bicyclic) bond motifs is 3. The fraction of sp³-hybridized carbons (Fsp3) is 0.286. The lowest BCUT2D eigenvalue weighted by atomic mass is 9.98. The van der Waals surface area contributed by atoms with Gasteiger partial charge in [-0.15, -0.1) is 0 Å². The van der Waals surface area contributed by atoms with Gasteiger partial charge in [-0.1, -0.05) is 60.7 Å². The van der Waals surface area contributed by atoms with Gasteiger partial charge >= 0.3 is 6.09 Å². The summed E-state index contributed by atoms with van der Waals surface area (Å²) in [7, 11) is 0. The molecular weight excluding hydrogens is 314 g/mol. The average Bonchev–Trinajstić information content (AvgIpc) is 3.19. The molecule has 0 bridgehead atoms. The lowest BCUT2D eigenvalue weighted by Crippen LogP contribution is -2.48. The van der Waals surface area contributed by atoms with E-state index in [4.69, 9.17) is 4.74 Å². The number of carbonyl (C=O) groups excluding carboxylic acids is 1. The molecule has 1 unspecified atom stereocenters. The summed E-state index contributed by atoms with van der Waals surface area (Å²) in [4.78, 5) is 14.1. The van der Waals surface area contributed by atoms with E-state index in [0.717, 1.165) is 0 Å². The number of ether oxygens (including phenoxy) is 1. The maximum atomic E-state index is 12.6. The summed E-state index contributed by atoms with van der Waals surface area (Å²) in [6.07, 6.45) is 3.36. The number of hydrogen-bond acceptors (Lipinski definition) is 3. The van der Waals surface area contributed by atoms with Crippen LogP contribution in [0.5, 0.6) is 0 Å². The first-order valence-corrected chi connectivity index (χ1v) is 8.55.